The van der Waals surface area contributed by atoms with Crippen LogP contribution in [0.3, 0.4) is 0 Å². The molecule has 1 rings (SSSR count). The monoisotopic (exact) mass is 256 g/mol. The van der Waals surface area contributed by atoms with E-state index in [-0.39, 0.29) is 24.2 Å². The van der Waals surface area contributed by atoms with Crippen molar-refractivity contribution in [3.63, 3.8) is 0 Å². The van der Waals surface area contributed by atoms with Crippen LogP contribution in [0.4, 0.5) is 0 Å². The second-order valence-corrected chi connectivity index (χ2v) is 4.91. The van der Waals surface area contributed by atoms with Crippen LogP contribution < -0.4 is 0 Å². The first-order chi connectivity index (χ1) is 8.19. The van der Waals surface area contributed by atoms with Gasteiger partial charge in [0.25, 0.3) is 0 Å². The fourth-order valence-corrected chi connectivity index (χ4v) is 2.47. The maximum atomic E-state index is 11.8. The van der Waals surface area contributed by atoms with Crippen LogP contribution in [-0.2, 0) is 16.1 Å². The molecule has 96 valence electrons. The first-order valence-electron chi connectivity index (χ1n) is 6.09. The van der Waals surface area contributed by atoms with Crippen LogP contribution in [0.2, 0.25) is 0 Å². The number of ether oxygens (including phenoxy) is 1. The lowest BCUT2D eigenvalue weighted by atomic mass is 9.99. The van der Waals surface area contributed by atoms with Crippen LogP contribution in [0.15, 0.2) is 10.8 Å². The Balaban J connectivity index is 2.44. The Kier molecular flexibility index (Phi) is 6.05. The summed E-state index contributed by atoms with van der Waals surface area (Å²) in [6, 6.07) is 0. The number of carbonyl (C=O) groups is 1. The summed E-state index contributed by atoms with van der Waals surface area (Å²) < 4.78 is 5.24. The maximum absolute atomic E-state index is 11.8. The Labute approximate surface area is 106 Å². The molecule has 0 radical (unpaired) electrons. The molecule has 1 aromatic rings. The summed E-state index contributed by atoms with van der Waals surface area (Å²) >= 11 is 1.41. The lowest BCUT2D eigenvalue weighted by Gasteiger charge is -2.14. The van der Waals surface area contributed by atoms with Crippen molar-refractivity contribution in [2.75, 3.05) is 0 Å². The van der Waals surface area contributed by atoms with E-state index in [0.29, 0.717) is 5.56 Å². The van der Waals surface area contributed by atoms with E-state index < -0.39 is 0 Å². The molecule has 1 aromatic heterocycles. The fourth-order valence-electron chi connectivity index (χ4n) is 1.77. The van der Waals surface area contributed by atoms with Crippen LogP contribution in [0.5, 0.6) is 5.75 Å². The van der Waals surface area contributed by atoms with E-state index in [1.165, 1.54) is 11.3 Å². The Hall–Kier alpha value is -1.03. The van der Waals surface area contributed by atoms with Gasteiger partial charge in [-0.3, -0.25) is 4.79 Å². The molecule has 0 atom stereocenters. The number of rotatable bonds is 7. The highest BCUT2D eigenvalue weighted by Gasteiger charge is 2.18. The van der Waals surface area contributed by atoms with Gasteiger partial charge in [-0.1, -0.05) is 26.7 Å². The zero-order valence-corrected chi connectivity index (χ0v) is 11.3. The smallest absolute Gasteiger partial charge is 0.309 e. The summed E-state index contributed by atoms with van der Waals surface area (Å²) in [7, 11) is 0. The zero-order chi connectivity index (χ0) is 12.7. The lowest BCUT2D eigenvalue weighted by Crippen LogP contribution is -2.17. The van der Waals surface area contributed by atoms with Gasteiger partial charge in [0.2, 0.25) is 0 Å². The summed E-state index contributed by atoms with van der Waals surface area (Å²) in [6.07, 6.45) is 3.73. The molecule has 3 nitrogen and oxygen atoms in total. The molecule has 0 aromatic carbocycles. The molecule has 0 aliphatic rings. The molecule has 0 amide bonds. The number of esters is 1. The van der Waals surface area contributed by atoms with Crippen molar-refractivity contribution < 1.29 is 14.6 Å². The van der Waals surface area contributed by atoms with E-state index >= 15 is 0 Å². The predicted molar refractivity (Wildman–Crippen MR) is 69.1 cm³/mol. The summed E-state index contributed by atoms with van der Waals surface area (Å²) in [6.45, 7) is 4.32. The lowest BCUT2D eigenvalue weighted by molar-refractivity contribution is -0.150. The van der Waals surface area contributed by atoms with Gasteiger partial charge < -0.3 is 9.84 Å². The molecule has 0 aliphatic heterocycles. The van der Waals surface area contributed by atoms with E-state index in [1.807, 2.05) is 0 Å². The Morgan fingerprint density at radius 2 is 2.00 bits per heavy atom. The summed E-state index contributed by atoms with van der Waals surface area (Å²) in [5.74, 6) is 0.0791. The largest absolute Gasteiger partial charge is 0.507 e. The predicted octanol–water partition coefficient (Wildman–Crippen LogP) is 3.71. The van der Waals surface area contributed by atoms with Gasteiger partial charge >= 0.3 is 5.97 Å². The SMILES string of the molecule is CCCC(CCC)C(=O)OCc1cscc1O. The zero-order valence-electron chi connectivity index (χ0n) is 10.4. The van der Waals surface area contributed by atoms with Crippen LogP contribution in [0, 0.1) is 5.92 Å². The quantitative estimate of drug-likeness (QED) is 0.756. The third kappa shape index (κ3) is 4.38. The molecule has 0 unspecified atom stereocenters. The van der Waals surface area contributed by atoms with Crippen molar-refractivity contribution in [3.8, 4) is 5.75 Å². The van der Waals surface area contributed by atoms with Crippen LogP contribution in [0.25, 0.3) is 0 Å². The first-order valence-corrected chi connectivity index (χ1v) is 7.04. The third-order valence-electron chi connectivity index (χ3n) is 2.70. The molecule has 1 heterocycles. The molecule has 0 bridgehead atoms. The molecule has 17 heavy (non-hydrogen) atoms. The second-order valence-electron chi connectivity index (χ2n) is 4.16. The van der Waals surface area contributed by atoms with Gasteiger partial charge in [0.05, 0.1) is 5.92 Å². The molecule has 4 heteroatoms. The summed E-state index contributed by atoms with van der Waals surface area (Å²) in [5.41, 5.74) is 0.690. The van der Waals surface area contributed by atoms with Gasteiger partial charge in [-0.25, -0.2) is 0 Å². The van der Waals surface area contributed by atoms with Crippen LogP contribution >= 0.6 is 11.3 Å². The molecular weight excluding hydrogens is 236 g/mol. The van der Waals surface area contributed by atoms with Crippen molar-refractivity contribution >= 4 is 17.3 Å². The van der Waals surface area contributed by atoms with Crippen LogP contribution in [-0.4, -0.2) is 11.1 Å². The van der Waals surface area contributed by atoms with Crippen molar-refractivity contribution in [1.82, 2.24) is 0 Å². The van der Waals surface area contributed by atoms with Gasteiger partial charge in [-0.15, -0.1) is 11.3 Å². The number of aromatic hydroxyl groups is 1. The fraction of sp³-hybridized carbons (Fsp3) is 0.615. The van der Waals surface area contributed by atoms with Gasteiger partial charge in [-0.2, -0.15) is 0 Å². The van der Waals surface area contributed by atoms with E-state index in [9.17, 15) is 9.90 Å². The van der Waals surface area contributed by atoms with Crippen molar-refractivity contribution in [3.05, 3.63) is 16.3 Å². The highest BCUT2D eigenvalue weighted by atomic mass is 32.1. The average Bonchev–Trinajstić information content (AvgIpc) is 2.71. The number of thiophene rings is 1. The normalized spacial score (nSPS) is 10.8. The third-order valence-corrected chi connectivity index (χ3v) is 3.48. The van der Waals surface area contributed by atoms with E-state index in [2.05, 4.69) is 13.8 Å². The average molecular weight is 256 g/mol. The van der Waals surface area contributed by atoms with Crippen molar-refractivity contribution in [2.24, 2.45) is 5.92 Å². The minimum Gasteiger partial charge on any atom is -0.507 e. The maximum Gasteiger partial charge on any atom is 0.309 e. The molecule has 1 N–H and O–H groups in total. The molecule has 0 spiro atoms. The summed E-state index contributed by atoms with van der Waals surface area (Å²) in [5, 5.41) is 12.9. The summed E-state index contributed by atoms with van der Waals surface area (Å²) in [4.78, 5) is 11.8. The van der Waals surface area contributed by atoms with Gasteiger partial charge in [0.1, 0.15) is 12.4 Å². The van der Waals surface area contributed by atoms with E-state index in [1.54, 1.807) is 10.8 Å². The minimum absolute atomic E-state index is 0.00535. The van der Waals surface area contributed by atoms with Gasteiger partial charge in [-0.05, 0) is 12.8 Å². The number of hydrogen-bond acceptors (Lipinski definition) is 4. The minimum atomic E-state index is -0.140. The van der Waals surface area contributed by atoms with Crippen molar-refractivity contribution in [2.45, 2.75) is 46.1 Å². The van der Waals surface area contributed by atoms with E-state index in [0.717, 1.165) is 25.7 Å². The topological polar surface area (TPSA) is 46.5 Å². The Morgan fingerprint density at radius 1 is 1.35 bits per heavy atom. The van der Waals surface area contributed by atoms with Crippen LogP contribution in [0.1, 0.15) is 45.1 Å². The van der Waals surface area contributed by atoms with E-state index in [4.69, 9.17) is 4.74 Å². The first kappa shape index (κ1) is 14.0. The number of hydrogen-bond donors (Lipinski definition) is 1. The highest BCUT2D eigenvalue weighted by Crippen LogP contribution is 2.23. The van der Waals surface area contributed by atoms with Crippen molar-refractivity contribution in [1.29, 1.82) is 0 Å². The number of carbonyl (C=O) groups excluding carboxylic acids is 1. The molecule has 0 aliphatic carbocycles. The highest BCUT2D eigenvalue weighted by molar-refractivity contribution is 7.08. The Morgan fingerprint density at radius 3 is 2.47 bits per heavy atom. The second kappa shape index (κ2) is 7.33. The standard InChI is InChI=1S/C13H20O3S/c1-3-5-10(6-4-2)13(15)16-7-11-8-17-9-12(11)14/h8-10,14H,3-7H2,1-2H3. The van der Waals surface area contributed by atoms with Gasteiger partial charge in [0.15, 0.2) is 0 Å². The molecular formula is C13H20O3S. The molecule has 0 saturated heterocycles. The molecule has 0 saturated carbocycles. The molecule has 0 fully saturated rings. The Bertz CT molecular complexity index is 340. The van der Waals surface area contributed by atoms with Gasteiger partial charge in [0, 0.05) is 16.3 Å².